The molecule has 64 valence electrons. The maximum absolute atomic E-state index is 5.31. The maximum atomic E-state index is 5.31. The summed E-state index contributed by atoms with van der Waals surface area (Å²) in [6.07, 6.45) is 3.60. The van der Waals surface area contributed by atoms with E-state index < -0.39 is 0 Å². The fourth-order valence-corrected chi connectivity index (χ4v) is 1.16. The Kier molecular flexibility index (Phi) is 2.20. The van der Waals surface area contributed by atoms with Crippen molar-refractivity contribution in [1.82, 2.24) is 10.3 Å². The first-order valence-corrected chi connectivity index (χ1v) is 3.92. The number of ether oxygens (including phenoxy) is 1. The van der Waals surface area contributed by atoms with E-state index in [4.69, 9.17) is 4.74 Å². The number of fused-ring (bicyclic) bond motifs is 1. The summed E-state index contributed by atoms with van der Waals surface area (Å²) in [5.74, 6) is 0. The summed E-state index contributed by atoms with van der Waals surface area (Å²) >= 11 is 0. The predicted molar refractivity (Wildman–Crippen MR) is 45.5 cm³/mol. The summed E-state index contributed by atoms with van der Waals surface area (Å²) in [7, 11) is 0. The van der Waals surface area contributed by atoms with Gasteiger partial charge in [-0.15, -0.1) is 0 Å². The van der Waals surface area contributed by atoms with Gasteiger partial charge in [0, 0.05) is 23.6 Å². The van der Waals surface area contributed by atoms with Crippen molar-refractivity contribution >= 4 is 5.69 Å². The lowest BCUT2D eigenvalue weighted by Gasteiger charge is -2.16. The van der Waals surface area contributed by atoms with Crippen LogP contribution in [-0.2, 0) is 11.3 Å². The molecule has 0 radical (unpaired) electrons. The second kappa shape index (κ2) is 3.51. The van der Waals surface area contributed by atoms with Gasteiger partial charge in [0.2, 0.25) is 0 Å². The van der Waals surface area contributed by atoms with Crippen molar-refractivity contribution in [2.45, 2.75) is 6.61 Å². The number of pyridine rings is 1. The highest BCUT2D eigenvalue weighted by atomic mass is 16.5. The van der Waals surface area contributed by atoms with Crippen LogP contribution < -0.4 is 10.6 Å². The zero-order valence-electron chi connectivity index (χ0n) is 6.71. The molecular weight excluding hydrogens is 154 g/mol. The Morgan fingerprint density at radius 1 is 1.50 bits per heavy atom. The van der Waals surface area contributed by atoms with Crippen molar-refractivity contribution in [2.24, 2.45) is 0 Å². The summed E-state index contributed by atoms with van der Waals surface area (Å²) in [6.45, 7) is 1.93. The highest BCUT2D eigenvalue weighted by Crippen LogP contribution is 2.14. The monoisotopic (exact) mass is 165 g/mol. The van der Waals surface area contributed by atoms with Crippen molar-refractivity contribution in [1.29, 1.82) is 0 Å². The highest BCUT2D eigenvalue weighted by molar-refractivity contribution is 5.49. The summed E-state index contributed by atoms with van der Waals surface area (Å²) < 4.78 is 5.31. The number of rotatable bonds is 0. The van der Waals surface area contributed by atoms with Gasteiger partial charge < -0.3 is 10.1 Å². The largest absolute Gasteiger partial charge is 0.372 e. The summed E-state index contributed by atoms with van der Waals surface area (Å²) in [6, 6.07) is 1.95. The summed E-state index contributed by atoms with van der Waals surface area (Å²) in [4.78, 5) is 4.03. The van der Waals surface area contributed by atoms with Crippen LogP contribution in [0.4, 0.5) is 5.69 Å². The van der Waals surface area contributed by atoms with Gasteiger partial charge in [-0.1, -0.05) is 0 Å². The quantitative estimate of drug-likeness (QED) is 0.588. The van der Waals surface area contributed by atoms with Crippen molar-refractivity contribution in [3.8, 4) is 0 Å². The zero-order valence-corrected chi connectivity index (χ0v) is 6.71. The van der Waals surface area contributed by atoms with E-state index in [9.17, 15) is 0 Å². The lowest BCUT2D eigenvalue weighted by atomic mass is 10.2. The van der Waals surface area contributed by atoms with Crippen LogP contribution in [0.1, 0.15) is 5.56 Å². The van der Waals surface area contributed by atoms with E-state index in [1.54, 1.807) is 6.20 Å². The molecule has 0 saturated heterocycles. The molecule has 4 heteroatoms. The van der Waals surface area contributed by atoms with E-state index in [0.29, 0.717) is 13.3 Å². The Morgan fingerprint density at radius 3 is 3.50 bits per heavy atom. The molecule has 0 atom stereocenters. The minimum absolute atomic E-state index is 0.585. The van der Waals surface area contributed by atoms with Crippen LogP contribution in [0.25, 0.3) is 0 Å². The molecule has 0 fully saturated rings. The fourth-order valence-electron chi connectivity index (χ4n) is 1.16. The van der Waals surface area contributed by atoms with Gasteiger partial charge in [0.05, 0.1) is 20.0 Å². The molecule has 2 rings (SSSR count). The van der Waals surface area contributed by atoms with Gasteiger partial charge in [-0.05, 0) is 6.07 Å². The standard InChI is InChI=1S/C8H11N3O/c1-2-9-3-7-4-12-6-10-5-11-8(1)7/h1-3,10-11H,4-6H2. The van der Waals surface area contributed by atoms with Crippen LogP contribution in [-0.4, -0.2) is 18.4 Å². The molecule has 1 aromatic heterocycles. The molecule has 1 aliphatic rings. The van der Waals surface area contributed by atoms with E-state index in [-0.39, 0.29) is 0 Å². The van der Waals surface area contributed by atoms with Crippen LogP contribution in [0.15, 0.2) is 18.5 Å². The number of anilines is 1. The molecule has 0 saturated carbocycles. The first-order valence-electron chi connectivity index (χ1n) is 3.92. The molecule has 1 aliphatic heterocycles. The molecule has 12 heavy (non-hydrogen) atoms. The number of nitrogens with zero attached hydrogens (tertiary/aromatic N) is 1. The van der Waals surface area contributed by atoms with E-state index in [1.165, 1.54) is 0 Å². The SMILES string of the molecule is c1cc2c(cn1)COCNCN2. The van der Waals surface area contributed by atoms with Crippen LogP contribution in [0.3, 0.4) is 0 Å². The maximum Gasteiger partial charge on any atom is 0.0983 e. The molecule has 0 unspecified atom stereocenters. The van der Waals surface area contributed by atoms with E-state index in [0.717, 1.165) is 17.9 Å². The van der Waals surface area contributed by atoms with E-state index >= 15 is 0 Å². The van der Waals surface area contributed by atoms with E-state index in [1.807, 2.05) is 12.3 Å². The average molecular weight is 165 g/mol. The average Bonchev–Trinajstić information content (AvgIpc) is 2.06. The topological polar surface area (TPSA) is 46.2 Å². The molecule has 0 amide bonds. The zero-order chi connectivity index (χ0) is 8.23. The van der Waals surface area contributed by atoms with Crippen molar-refractivity contribution in [3.63, 3.8) is 0 Å². The predicted octanol–water partition coefficient (Wildman–Crippen LogP) is 0.528. The first-order chi connectivity index (χ1) is 5.97. The molecule has 4 nitrogen and oxygen atoms in total. The fraction of sp³-hybridized carbons (Fsp3) is 0.375. The summed E-state index contributed by atoms with van der Waals surface area (Å²) in [5.41, 5.74) is 2.20. The number of nitrogens with one attached hydrogen (secondary N) is 2. The van der Waals surface area contributed by atoms with Gasteiger partial charge >= 0.3 is 0 Å². The third kappa shape index (κ3) is 1.54. The van der Waals surface area contributed by atoms with Gasteiger partial charge in [-0.3, -0.25) is 10.3 Å². The third-order valence-electron chi connectivity index (χ3n) is 1.77. The van der Waals surface area contributed by atoms with Crippen molar-refractivity contribution in [2.75, 3.05) is 18.7 Å². The molecule has 0 bridgehead atoms. The van der Waals surface area contributed by atoms with E-state index in [2.05, 4.69) is 15.6 Å². The molecule has 2 heterocycles. The minimum Gasteiger partial charge on any atom is -0.372 e. The van der Waals surface area contributed by atoms with Gasteiger partial charge in [0.15, 0.2) is 0 Å². The van der Waals surface area contributed by atoms with Crippen molar-refractivity contribution < 1.29 is 4.74 Å². The first kappa shape index (κ1) is 7.52. The highest BCUT2D eigenvalue weighted by Gasteiger charge is 2.03. The lowest BCUT2D eigenvalue weighted by Crippen LogP contribution is -2.27. The molecule has 0 spiro atoms. The number of hydrogen-bond donors (Lipinski definition) is 2. The van der Waals surface area contributed by atoms with Crippen molar-refractivity contribution in [3.05, 3.63) is 24.0 Å². The van der Waals surface area contributed by atoms with Crippen LogP contribution in [0, 0.1) is 0 Å². The van der Waals surface area contributed by atoms with Gasteiger partial charge in [0.1, 0.15) is 0 Å². The normalized spacial score (nSPS) is 17.0. The molecule has 0 aromatic carbocycles. The Hall–Kier alpha value is -1.13. The minimum atomic E-state index is 0.585. The Bertz CT molecular complexity index is 237. The smallest absolute Gasteiger partial charge is 0.0983 e. The molecule has 2 N–H and O–H groups in total. The molecule has 1 aromatic rings. The Morgan fingerprint density at radius 2 is 2.50 bits per heavy atom. The Balaban J connectivity index is 2.24. The lowest BCUT2D eigenvalue weighted by molar-refractivity contribution is 0.103. The summed E-state index contributed by atoms with van der Waals surface area (Å²) in [5, 5.41) is 6.31. The second-order valence-corrected chi connectivity index (χ2v) is 2.63. The van der Waals surface area contributed by atoms with Crippen LogP contribution in [0.5, 0.6) is 0 Å². The number of aromatic nitrogens is 1. The van der Waals surface area contributed by atoms with Gasteiger partial charge in [0.25, 0.3) is 0 Å². The second-order valence-electron chi connectivity index (χ2n) is 2.63. The number of hydrogen-bond acceptors (Lipinski definition) is 4. The van der Waals surface area contributed by atoms with Gasteiger partial charge in [-0.25, -0.2) is 0 Å². The van der Waals surface area contributed by atoms with Crippen LogP contribution in [0.2, 0.25) is 0 Å². The van der Waals surface area contributed by atoms with Gasteiger partial charge in [-0.2, -0.15) is 0 Å². The molecular formula is C8H11N3O. The third-order valence-corrected chi connectivity index (χ3v) is 1.77. The Labute approximate surface area is 71.0 Å². The molecule has 0 aliphatic carbocycles. The van der Waals surface area contributed by atoms with Crippen LogP contribution >= 0.6 is 0 Å².